The number of carbonyl (C=O) groups is 1. The average molecular weight is 214 g/mol. The molecular formula is C11H10N4O. The Kier molecular flexibility index (Phi) is 2.95. The second-order valence-corrected chi connectivity index (χ2v) is 3.22. The molecule has 0 aliphatic carbocycles. The van der Waals surface area contributed by atoms with Gasteiger partial charge >= 0.3 is 0 Å². The predicted octanol–water partition coefficient (Wildman–Crippen LogP) is 1.53. The number of ketones is 1. The molecule has 1 aromatic carbocycles. The van der Waals surface area contributed by atoms with Gasteiger partial charge in [0.2, 0.25) is 5.82 Å². The minimum atomic E-state index is 0.122. The van der Waals surface area contributed by atoms with Crippen molar-refractivity contribution in [3.63, 3.8) is 0 Å². The summed E-state index contributed by atoms with van der Waals surface area (Å²) < 4.78 is 0. The Balaban J connectivity index is 2.30. The van der Waals surface area contributed by atoms with Crippen molar-refractivity contribution in [3.05, 3.63) is 36.2 Å². The lowest BCUT2D eigenvalue weighted by Crippen LogP contribution is -1.97. The molecule has 0 aliphatic heterocycles. The van der Waals surface area contributed by atoms with E-state index in [0.717, 1.165) is 5.56 Å². The summed E-state index contributed by atoms with van der Waals surface area (Å²) in [6.07, 6.45) is 1.78. The number of nitrogens with zero attached hydrogens (tertiary/aromatic N) is 4. The summed E-state index contributed by atoms with van der Waals surface area (Å²) in [5.41, 5.74) is 1.50. The predicted molar refractivity (Wildman–Crippen MR) is 57.7 cm³/mol. The minimum Gasteiger partial charge on any atom is -0.294 e. The van der Waals surface area contributed by atoms with E-state index in [9.17, 15) is 4.79 Å². The molecule has 0 N–H and O–H groups in total. The maximum absolute atomic E-state index is 11.4. The van der Waals surface area contributed by atoms with E-state index >= 15 is 0 Å². The molecule has 0 unspecified atom stereocenters. The number of hydrogen-bond donors (Lipinski definition) is 0. The molecule has 0 bridgehead atoms. The van der Waals surface area contributed by atoms with Crippen molar-refractivity contribution in [1.82, 2.24) is 20.4 Å². The molecular weight excluding hydrogens is 204 g/mol. The standard InChI is InChI=1S/C11H10N4O/c1-2-10(16)8-3-5-9(6-4-8)11-14-12-7-13-15-11/h3-7H,2H2,1H3. The van der Waals surface area contributed by atoms with Crippen molar-refractivity contribution >= 4 is 5.78 Å². The van der Waals surface area contributed by atoms with Crippen LogP contribution in [-0.2, 0) is 0 Å². The van der Waals surface area contributed by atoms with E-state index in [1.165, 1.54) is 6.33 Å². The van der Waals surface area contributed by atoms with Crippen LogP contribution in [0, 0.1) is 0 Å². The van der Waals surface area contributed by atoms with E-state index in [2.05, 4.69) is 20.4 Å². The van der Waals surface area contributed by atoms with Gasteiger partial charge < -0.3 is 0 Å². The highest BCUT2D eigenvalue weighted by Crippen LogP contribution is 2.14. The van der Waals surface area contributed by atoms with Crippen LogP contribution in [0.1, 0.15) is 23.7 Å². The SMILES string of the molecule is CCC(=O)c1ccc(-c2nncnn2)cc1. The molecule has 1 heterocycles. The van der Waals surface area contributed by atoms with Crippen LogP contribution >= 0.6 is 0 Å². The molecule has 5 nitrogen and oxygen atoms in total. The van der Waals surface area contributed by atoms with E-state index in [-0.39, 0.29) is 5.78 Å². The molecule has 0 fully saturated rings. The zero-order valence-electron chi connectivity index (χ0n) is 8.79. The smallest absolute Gasteiger partial charge is 0.203 e. The average Bonchev–Trinajstić information content (AvgIpc) is 2.39. The van der Waals surface area contributed by atoms with Gasteiger partial charge in [0.1, 0.15) is 0 Å². The van der Waals surface area contributed by atoms with Crippen LogP contribution in [0.5, 0.6) is 0 Å². The van der Waals surface area contributed by atoms with Crippen LogP contribution in [0.15, 0.2) is 30.6 Å². The molecule has 1 aromatic heterocycles. The quantitative estimate of drug-likeness (QED) is 0.724. The fraction of sp³-hybridized carbons (Fsp3) is 0.182. The van der Waals surface area contributed by atoms with Gasteiger partial charge in [-0.1, -0.05) is 31.2 Å². The second kappa shape index (κ2) is 4.57. The number of hydrogen-bond acceptors (Lipinski definition) is 5. The van der Waals surface area contributed by atoms with Gasteiger partial charge in [0, 0.05) is 17.5 Å². The van der Waals surface area contributed by atoms with Crippen LogP contribution in [0.2, 0.25) is 0 Å². The molecule has 2 rings (SSSR count). The number of rotatable bonds is 3. The summed E-state index contributed by atoms with van der Waals surface area (Å²) in [5, 5.41) is 15.0. The third-order valence-corrected chi connectivity index (χ3v) is 2.19. The Labute approximate surface area is 92.6 Å². The largest absolute Gasteiger partial charge is 0.294 e. The fourth-order valence-electron chi connectivity index (χ4n) is 1.33. The molecule has 2 aromatic rings. The molecule has 0 radical (unpaired) electrons. The number of carbonyl (C=O) groups excluding carboxylic acids is 1. The first-order valence-corrected chi connectivity index (χ1v) is 4.95. The van der Waals surface area contributed by atoms with Crippen molar-refractivity contribution in [3.8, 4) is 11.4 Å². The lowest BCUT2D eigenvalue weighted by atomic mass is 10.1. The zero-order valence-corrected chi connectivity index (χ0v) is 8.79. The minimum absolute atomic E-state index is 0.122. The van der Waals surface area contributed by atoms with E-state index in [1.54, 1.807) is 24.3 Å². The van der Waals surface area contributed by atoms with Gasteiger partial charge in [-0.25, -0.2) is 0 Å². The summed E-state index contributed by atoms with van der Waals surface area (Å²) in [7, 11) is 0. The first-order chi connectivity index (χ1) is 7.81. The Morgan fingerprint density at radius 2 is 1.75 bits per heavy atom. The van der Waals surface area contributed by atoms with Crippen molar-refractivity contribution in [2.24, 2.45) is 0 Å². The summed E-state index contributed by atoms with van der Waals surface area (Å²) in [5.74, 6) is 0.578. The van der Waals surface area contributed by atoms with E-state index in [0.29, 0.717) is 17.8 Å². The van der Waals surface area contributed by atoms with Gasteiger partial charge in [-0.3, -0.25) is 4.79 Å². The highest BCUT2D eigenvalue weighted by atomic mass is 16.1. The molecule has 0 saturated heterocycles. The Morgan fingerprint density at radius 1 is 1.12 bits per heavy atom. The van der Waals surface area contributed by atoms with Crippen molar-refractivity contribution in [1.29, 1.82) is 0 Å². The third-order valence-electron chi connectivity index (χ3n) is 2.19. The van der Waals surface area contributed by atoms with Crippen LogP contribution in [-0.4, -0.2) is 26.2 Å². The van der Waals surface area contributed by atoms with Gasteiger partial charge in [0.25, 0.3) is 0 Å². The molecule has 0 amide bonds. The Hall–Kier alpha value is -2.17. The van der Waals surface area contributed by atoms with Gasteiger partial charge in [0.15, 0.2) is 12.1 Å². The third kappa shape index (κ3) is 2.08. The number of benzene rings is 1. The first-order valence-electron chi connectivity index (χ1n) is 4.95. The van der Waals surface area contributed by atoms with Crippen LogP contribution in [0.4, 0.5) is 0 Å². The van der Waals surface area contributed by atoms with E-state index < -0.39 is 0 Å². The molecule has 16 heavy (non-hydrogen) atoms. The molecule has 0 saturated carbocycles. The second-order valence-electron chi connectivity index (χ2n) is 3.22. The topological polar surface area (TPSA) is 68.6 Å². The summed E-state index contributed by atoms with van der Waals surface area (Å²) in [6.45, 7) is 1.84. The molecule has 80 valence electrons. The van der Waals surface area contributed by atoms with E-state index in [4.69, 9.17) is 0 Å². The molecule has 0 aliphatic rings. The fourth-order valence-corrected chi connectivity index (χ4v) is 1.33. The molecule has 5 heteroatoms. The lowest BCUT2D eigenvalue weighted by Gasteiger charge is -2.00. The van der Waals surface area contributed by atoms with Gasteiger partial charge in [-0.15, -0.1) is 20.4 Å². The summed E-state index contributed by atoms with van der Waals surface area (Å²) in [4.78, 5) is 11.4. The maximum Gasteiger partial charge on any atom is 0.203 e. The maximum atomic E-state index is 11.4. The highest BCUT2D eigenvalue weighted by molar-refractivity contribution is 5.96. The summed E-state index contributed by atoms with van der Waals surface area (Å²) in [6, 6.07) is 7.11. The Morgan fingerprint density at radius 3 is 2.31 bits per heavy atom. The van der Waals surface area contributed by atoms with Gasteiger partial charge in [0.05, 0.1) is 0 Å². The first kappa shape index (κ1) is 10.4. The van der Waals surface area contributed by atoms with Gasteiger partial charge in [-0.2, -0.15) is 0 Å². The van der Waals surface area contributed by atoms with Crippen LogP contribution in [0.25, 0.3) is 11.4 Å². The van der Waals surface area contributed by atoms with Crippen molar-refractivity contribution in [2.75, 3.05) is 0 Å². The summed E-state index contributed by atoms with van der Waals surface area (Å²) >= 11 is 0. The molecule has 0 spiro atoms. The normalized spacial score (nSPS) is 10.1. The van der Waals surface area contributed by atoms with E-state index in [1.807, 2.05) is 6.92 Å². The zero-order chi connectivity index (χ0) is 11.4. The number of Topliss-reactive ketones (excluding diaryl/α,β-unsaturated/α-hetero) is 1. The lowest BCUT2D eigenvalue weighted by molar-refractivity contribution is 0.0988. The van der Waals surface area contributed by atoms with Crippen LogP contribution < -0.4 is 0 Å². The molecule has 0 atom stereocenters. The highest BCUT2D eigenvalue weighted by Gasteiger charge is 2.05. The number of aromatic nitrogens is 4. The van der Waals surface area contributed by atoms with Gasteiger partial charge in [-0.05, 0) is 0 Å². The van der Waals surface area contributed by atoms with Crippen molar-refractivity contribution in [2.45, 2.75) is 13.3 Å². The van der Waals surface area contributed by atoms with Crippen molar-refractivity contribution < 1.29 is 4.79 Å². The monoisotopic (exact) mass is 214 g/mol. The van der Waals surface area contributed by atoms with Crippen LogP contribution in [0.3, 0.4) is 0 Å². The Bertz CT molecular complexity index is 481.